The second kappa shape index (κ2) is 6.36. The summed E-state index contributed by atoms with van der Waals surface area (Å²) in [7, 11) is 0. The standard InChI is InChI=1S/C18H17Cl2N3S/c1-18(2,3)12-9-7-11(8-10-12)16-21-22-17(24)23(16)14-6-4-5-13(19)15(14)20/h4-10H,1-3H3,(H,22,24). The summed E-state index contributed by atoms with van der Waals surface area (Å²) in [5.74, 6) is 0.699. The van der Waals surface area contributed by atoms with Gasteiger partial charge in [0.2, 0.25) is 0 Å². The second-order valence-corrected chi connectivity index (χ2v) is 7.76. The number of rotatable bonds is 2. The molecule has 1 aromatic heterocycles. The number of aromatic nitrogens is 3. The third-order valence-electron chi connectivity index (χ3n) is 3.85. The Kier molecular flexibility index (Phi) is 4.56. The summed E-state index contributed by atoms with van der Waals surface area (Å²) in [5.41, 5.74) is 3.01. The first-order valence-corrected chi connectivity index (χ1v) is 8.68. The first kappa shape index (κ1) is 17.2. The quantitative estimate of drug-likeness (QED) is 0.539. The summed E-state index contributed by atoms with van der Waals surface area (Å²) >= 11 is 17.9. The van der Waals surface area contributed by atoms with Crippen LogP contribution in [-0.2, 0) is 5.41 Å². The van der Waals surface area contributed by atoms with Crippen LogP contribution in [0.15, 0.2) is 42.5 Å². The van der Waals surface area contributed by atoms with Gasteiger partial charge in [0.1, 0.15) is 0 Å². The Labute approximate surface area is 156 Å². The number of aromatic amines is 1. The normalized spacial score (nSPS) is 11.7. The van der Waals surface area contributed by atoms with Crippen molar-refractivity contribution in [2.75, 3.05) is 0 Å². The molecular weight excluding hydrogens is 361 g/mol. The highest BCUT2D eigenvalue weighted by atomic mass is 35.5. The fourth-order valence-electron chi connectivity index (χ4n) is 2.50. The Bertz CT molecular complexity index is 934. The van der Waals surface area contributed by atoms with Gasteiger partial charge in [0.15, 0.2) is 10.6 Å². The number of hydrogen-bond acceptors (Lipinski definition) is 2. The third kappa shape index (κ3) is 3.14. The lowest BCUT2D eigenvalue weighted by molar-refractivity contribution is 0.590. The van der Waals surface area contributed by atoms with E-state index in [0.29, 0.717) is 26.3 Å². The molecule has 24 heavy (non-hydrogen) atoms. The van der Waals surface area contributed by atoms with Crippen LogP contribution in [-0.4, -0.2) is 14.8 Å². The Morgan fingerprint density at radius 3 is 2.33 bits per heavy atom. The van der Waals surface area contributed by atoms with E-state index in [9.17, 15) is 0 Å². The summed E-state index contributed by atoms with van der Waals surface area (Å²) < 4.78 is 2.27. The molecule has 0 radical (unpaired) electrons. The zero-order valence-electron chi connectivity index (χ0n) is 13.6. The van der Waals surface area contributed by atoms with Gasteiger partial charge < -0.3 is 0 Å². The Balaban J connectivity index is 2.15. The van der Waals surface area contributed by atoms with E-state index in [1.54, 1.807) is 10.6 Å². The van der Waals surface area contributed by atoms with Gasteiger partial charge in [0, 0.05) is 5.56 Å². The maximum atomic E-state index is 6.36. The van der Waals surface area contributed by atoms with Gasteiger partial charge in [-0.3, -0.25) is 9.67 Å². The zero-order chi connectivity index (χ0) is 17.5. The monoisotopic (exact) mass is 377 g/mol. The van der Waals surface area contributed by atoms with E-state index in [1.165, 1.54) is 5.56 Å². The summed E-state index contributed by atoms with van der Waals surface area (Å²) in [6.07, 6.45) is 0. The van der Waals surface area contributed by atoms with Crippen molar-refractivity contribution in [2.45, 2.75) is 26.2 Å². The molecule has 0 amide bonds. The molecule has 0 spiro atoms. The van der Waals surface area contributed by atoms with Crippen LogP contribution in [0, 0.1) is 4.77 Å². The van der Waals surface area contributed by atoms with Crippen molar-refractivity contribution in [3.63, 3.8) is 0 Å². The Morgan fingerprint density at radius 2 is 1.71 bits per heavy atom. The van der Waals surface area contributed by atoms with Crippen LogP contribution in [0.3, 0.4) is 0 Å². The fraction of sp³-hybridized carbons (Fsp3) is 0.222. The van der Waals surface area contributed by atoms with Gasteiger partial charge in [0.05, 0.1) is 15.7 Å². The predicted molar refractivity (Wildman–Crippen MR) is 103 cm³/mol. The van der Waals surface area contributed by atoms with E-state index in [-0.39, 0.29) is 5.41 Å². The lowest BCUT2D eigenvalue weighted by atomic mass is 9.87. The topological polar surface area (TPSA) is 33.6 Å². The molecule has 1 heterocycles. The molecule has 6 heteroatoms. The average molecular weight is 378 g/mol. The molecule has 0 bridgehead atoms. The minimum Gasteiger partial charge on any atom is -0.267 e. The Hall–Kier alpha value is -1.62. The van der Waals surface area contributed by atoms with Crippen LogP contribution in [0.1, 0.15) is 26.3 Å². The maximum Gasteiger partial charge on any atom is 0.200 e. The van der Waals surface area contributed by atoms with Crippen LogP contribution in [0.5, 0.6) is 0 Å². The highest BCUT2D eigenvalue weighted by molar-refractivity contribution is 7.71. The predicted octanol–water partition coefficient (Wildman–Crippen LogP) is 6.20. The molecule has 3 aromatic rings. The van der Waals surface area contributed by atoms with Crippen molar-refractivity contribution in [1.82, 2.24) is 14.8 Å². The van der Waals surface area contributed by atoms with Crippen LogP contribution >= 0.6 is 35.4 Å². The molecule has 0 saturated heterocycles. The first-order chi connectivity index (χ1) is 11.3. The number of H-pyrrole nitrogens is 1. The van der Waals surface area contributed by atoms with Gasteiger partial charge >= 0.3 is 0 Å². The summed E-state index contributed by atoms with van der Waals surface area (Å²) in [6, 6.07) is 13.8. The molecular formula is C18H17Cl2N3S. The van der Waals surface area contributed by atoms with E-state index in [4.69, 9.17) is 35.4 Å². The highest BCUT2D eigenvalue weighted by Gasteiger charge is 2.17. The molecule has 1 N–H and O–H groups in total. The van der Waals surface area contributed by atoms with E-state index in [2.05, 4.69) is 43.1 Å². The second-order valence-electron chi connectivity index (χ2n) is 6.59. The summed E-state index contributed by atoms with van der Waals surface area (Å²) in [4.78, 5) is 0. The van der Waals surface area contributed by atoms with E-state index in [1.807, 2.05) is 24.3 Å². The molecule has 3 nitrogen and oxygen atoms in total. The summed E-state index contributed by atoms with van der Waals surface area (Å²) in [6.45, 7) is 6.55. The number of hydrogen-bond donors (Lipinski definition) is 1. The van der Waals surface area contributed by atoms with Crippen LogP contribution in [0.25, 0.3) is 17.1 Å². The van der Waals surface area contributed by atoms with Crippen molar-refractivity contribution >= 4 is 35.4 Å². The minimum atomic E-state index is 0.0967. The molecule has 3 rings (SSSR count). The largest absolute Gasteiger partial charge is 0.267 e. The average Bonchev–Trinajstić information content (AvgIpc) is 2.91. The van der Waals surface area contributed by atoms with E-state index < -0.39 is 0 Å². The molecule has 2 aromatic carbocycles. The maximum absolute atomic E-state index is 6.36. The van der Waals surface area contributed by atoms with Crippen LogP contribution < -0.4 is 0 Å². The van der Waals surface area contributed by atoms with Gasteiger partial charge in [-0.05, 0) is 35.3 Å². The smallest absolute Gasteiger partial charge is 0.200 e. The van der Waals surface area contributed by atoms with Crippen molar-refractivity contribution in [3.8, 4) is 17.1 Å². The Morgan fingerprint density at radius 1 is 1.04 bits per heavy atom. The SMILES string of the molecule is CC(C)(C)c1ccc(-c2n[nH]c(=S)n2-c2cccc(Cl)c2Cl)cc1. The van der Waals surface area contributed by atoms with Gasteiger partial charge in [-0.1, -0.05) is 74.3 Å². The lowest BCUT2D eigenvalue weighted by Crippen LogP contribution is -2.10. The van der Waals surface area contributed by atoms with Crippen molar-refractivity contribution in [2.24, 2.45) is 0 Å². The van der Waals surface area contributed by atoms with Crippen molar-refractivity contribution in [3.05, 3.63) is 62.8 Å². The van der Waals surface area contributed by atoms with Crippen LogP contribution in [0.4, 0.5) is 0 Å². The molecule has 0 atom stereocenters. The van der Waals surface area contributed by atoms with Crippen molar-refractivity contribution in [1.29, 1.82) is 0 Å². The lowest BCUT2D eigenvalue weighted by Gasteiger charge is -2.19. The molecule has 0 aliphatic heterocycles. The van der Waals surface area contributed by atoms with Gasteiger partial charge in [-0.2, -0.15) is 5.10 Å². The summed E-state index contributed by atoms with van der Waals surface area (Å²) in [5, 5.41) is 8.14. The van der Waals surface area contributed by atoms with Gasteiger partial charge in [-0.25, -0.2) is 0 Å². The number of nitrogens with one attached hydrogen (secondary N) is 1. The molecule has 0 aliphatic carbocycles. The molecule has 0 saturated carbocycles. The molecule has 0 fully saturated rings. The number of nitrogens with zero attached hydrogens (tertiary/aromatic N) is 2. The number of halogens is 2. The molecule has 0 aliphatic rings. The number of benzene rings is 2. The van der Waals surface area contributed by atoms with Crippen LogP contribution in [0.2, 0.25) is 10.0 Å². The third-order valence-corrected chi connectivity index (χ3v) is 4.94. The molecule has 124 valence electrons. The van der Waals surface area contributed by atoms with E-state index in [0.717, 1.165) is 5.56 Å². The zero-order valence-corrected chi connectivity index (χ0v) is 15.9. The van der Waals surface area contributed by atoms with Crippen molar-refractivity contribution < 1.29 is 0 Å². The minimum absolute atomic E-state index is 0.0967. The highest BCUT2D eigenvalue weighted by Crippen LogP contribution is 2.32. The van der Waals surface area contributed by atoms with Gasteiger partial charge in [0.25, 0.3) is 0 Å². The fourth-order valence-corrected chi connectivity index (χ4v) is 3.11. The van der Waals surface area contributed by atoms with Gasteiger partial charge in [-0.15, -0.1) is 0 Å². The first-order valence-electron chi connectivity index (χ1n) is 7.52. The van der Waals surface area contributed by atoms with E-state index >= 15 is 0 Å². The molecule has 0 unspecified atom stereocenters.